The van der Waals surface area contributed by atoms with Gasteiger partial charge in [0.1, 0.15) is 0 Å². The first-order valence-electron chi connectivity index (χ1n) is 6.26. The number of hydrogen-bond donors (Lipinski definition) is 0. The second kappa shape index (κ2) is 5.42. The van der Waals surface area contributed by atoms with Gasteiger partial charge in [0.25, 0.3) is 0 Å². The first-order chi connectivity index (χ1) is 10.5. The molecule has 0 unspecified atom stereocenters. The lowest BCUT2D eigenvalue weighted by molar-refractivity contribution is -0.137. The standard InChI is InChI=1S/C15H9F3N2OS/c16-15(17,18)12-6-2-1-5-11(12)13-9-22-14(19-13)20-7-3-4-10(20)8-21/h1-9H. The number of carbonyl (C=O) groups excluding carboxylic acids is 1. The molecule has 112 valence electrons. The molecule has 0 aliphatic carbocycles. The number of rotatable bonds is 3. The molecule has 0 amide bonds. The van der Waals surface area contributed by atoms with Crippen molar-refractivity contribution in [3.05, 3.63) is 59.2 Å². The maximum atomic E-state index is 13.1. The van der Waals surface area contributed by atoms with Crippen molar-refractivity contribution in [2.45, 2.75) is 6.18 Å². The fourth-order valence-corrected chi connectivity index (χ4v) is 2.94. The topological polar surface area (TPSA) is 34.9 Å². The summed E-state index contributed by atoms with van der Waals surface area (Å²) in [5.74, 6) is 0. The van der Waals surface area contributed by atoms with Crippen LogP contribution in [0.4, 0.5) is 13.2 Å². The van der Waals surface area contributed by atoms with E-state index in [0.717, 1.165) is 6.07 Å². The van der Waals surface area contributed by atoms with Gasteiger partial charge in [-0.1, -0.05) is 18.2 Å². The Hall–Kier alpha value is -2.41. The monoisotopic (exact) mass is 322 g/mol. The van der Waals surface area contributed by atoms with E-state index >= 15 is 0 Å². The van der Waals surface area contributed by atoms with Crippen molar-refractivity contribution in [1.29, 1.82) is 0 Å². The zero-order chi connectivity index (χ0) is 15.7. The van der Waals surface area contributed by atoms with E-state index in [1.54, 1.807) is 23.7 Å². The van der Waals surface area contributed by atoms with E-state index in [-0.39, 0.29) is 11.3 Å². The van der Waals surface area contributed by atoms with Crippen molar-refractivity contribution >= 4 is 17.6 Å². The summed E-state index contributed by atoms with van der Waals surface area (Å²) in [6, 6.07) is 8.58. The van der Waals surface area contributed by atoms with Crippen LogP contribution in [0.15, 0.2) is 48.0 Å². The Labute approximate surface area is 127 Å². The Morgan fingerprint density at radius 3 is 2.64 bits per heavy atom. The van der Waals surface area contributed by atoms with Gasteiger partial charge < -0.3 is 0 Å². The summed E-state index contributed by atoms with van der Waals surface area (Å²) in [7, 11) is 0. The van der Waals surface area contributed by atoms with Gasteiger partial charge in [0, 0.05) is 17.1 Å². The van der Waals surface area contributed by atoms with E-state index in [4.69, 9.17) is 0 Å². The van der Waals surface area contributed by atoms with Crippen LogP contribution in [0.25, 0.3) is 16.4 Å². The molecule has 0 spiro atoms. The molecule has 0 radical (unpaired) electrons. The summed E-state index contributed by atoms with van der Waals surface area (Å²) in [6.45, 7) is 0. The normalized spacial score (nSPS) is 11.6. The number of aromatic nitrogens is 2. The molecule has 7 heteroatoms. The van der Waals surface area contributed by atoms with Crippen molar-refractivity contribution in [2.75, 3.05) is 0 Å². The van der Waals surface area contributed by atoms with Gasteiger partial charge >= 0.3 is 6.18 Å². The first-order valence-corrected chi connectivity index (χ1v) is 7.13. The number of thiazole rings is 1. The van der Waals surface area contributed by atoms with Gasteiger partial charge in [-0.15, -0.1) is 11.3 Å². The van der Waals surface area contributed by atoms with Gasteiger partial charge in [-0.05, 0) is 18.2 Å². The summed E-state index contributed by atoms with van der Waals surface area (Å²) >= 11 is 1.18. The molecule has 0 aliphatic rings. The Kier molecular flexibility index (Phi) is 3.58. The third-order valence-electron chi connectivity index (χ3n) is 3.11. The van der Waals surface area contributed by atoms with Crippen LogP contribution in [0.2, 0.25) is 0 Å². The molecule has 0 aliphatic heterocycles. The molecule has 0 saturated heterocycles. The smallest absolute Gasteiger partial charge is 0.296 e. The van der Waals surface area contributed by atoms with E-state index in [1.807, 2.05) is 0 Å². The summed E-state index contributed by atoms with van der Waals surface area (Å²) in [5, 5.41) is 1.99. The molecule has 3 nitrogen and oxygen atoms in total. The molecule has 22 heavy (non-hydrogen) atoms. The summed E-state index contributed by atoms with van der Waals surface area (Å²) in [6.07, 6.45) is -2.13. The average Bonchev–Trinajstić information content (AvgIpc) is 3.14. The predicted molar refractivity (Wildman–Crippen MR) is 77.3 cm³/mol. The number of nitrogens with zero attached hydrogens (tertiary/aromatic N) is 2. The minimum atomic E-state index is -4.44. The largest absolute Gasteiger partial charge is 0.417 e. The SMILES string of the molecule is O=Cc1cccn1-c1nc(-c2ccccc2C(F)(F)F)cs1. The third kappa shape index (κ3) is 2.55. The Bertz CT molecular complexity index is 820. The van der Waals surface area contributed by atoms with Crippen LogP contribution in [0.1, 0.15) is 16.1 Å². The zero-order valence-corrected chi connectivity index (χ0v) is 11.9. The molecule has 0 bridgehead atoms. The van der Waals surface area contributed by atoms with Crippen LogP contribution in [-0.2, 0) is 6.18 Å². The maximum absolute atomic E-state index is 13.1. The van der Waals surface area contributed by atoms with Crippen molar-refractivity contribution in [3.8, 4) is 16.4 Å². The van der Waals surface area contributed by atoms with Gasteiger partial charge in [-0.3, -0.25) is 9.36 Å². The van der Waals surface area contributed by atoms with Gasteiger partial charge in [-0.2, -0.15) is 13.2 Å². The van der Waals surface area contributed by atoms with Crippen LogP contribution >= 0.6 is 11.3 Å². The van der Waals surface area contributed by atoms with E-state index < -0.39 is 11.7 Å². The average molecular weight is 322 g/mol. The summed E-state index contributed by atoms with van der Waals surface area (Å²) in [4.78, 5) is 15.2. The lowest BCUT2D eigenvalue weighted by Crippen LogP contribution is -2.07. The van der Waals surface area contributed by atoms with Gasteiger partial charge in [-0.25, -0.2) is 4.98 Å². The minimum Gasteiger partial charge on any atom is -0.296 e. The van der Waals surface area contributed by atoms with Crippen LogP contribution in [-0.4, -0.2) is 15.8 Å². The molecule has 0 N–H and O–H groups in total. The number of aldehydes is 1. The number of hydrogen-bond acceptors (Lipinski definition) is 3. The Morgan fingerprint density at radius 1 is 1.14 bits per heavy atom. The summed E-state index contributed by atoms with van der Waals surface area (Å²) in [5.41, 5.74) is -0.0734. The van der Waals surface area contributed by atoms with Crippen molar-refractivity contribution < 1.29 is 18.0 Å². The van der Waals surface area contributed by atoms with Crippen molar-refractivity contribution in [3.63, 3.8) is 0 Å². The zero-order valence-electron chi connectivity index (χ0n) is 11.0. The molecule has 1 aromatic carbocycles. The highest BCUT2D eigenvalue weighted by Gasteiger charge is 2.33. The molecule has 3 aromatic rings. The maximum Gasteiger partial charge on any atom is 0.417 e. The molecular formula is C15H9F3N2OS. The lowest BCUT2D eigenvalue weighted by atomic mass is 10.1. The molecule has 0 fully saturated rings. The fourth-order valence-electron chi connectivity index (χ4n) is 2.12. The van der Waals surface area contributed by atoms with Crippen LogP contribution in [0.5, 0.6) is 0 Å². The van der Waals surface area contributed by atoms with E-state index in [2.05, 4.69) is 4.98 Å². The molecule has 2 aromatic heterocycles. The first kappa shape index (κ1) is 14.5. The highest BCUT2D eigenvalue weighted by molar-refractivity contribution is 7.12. The number of carbonyl (C=O) groups is 1. The quantitative estimate of drug-likeness (QED) is 0.669. The van der Waals surface area contributed by atoms with Crippen LogP contribution < -0.4 is 0 Å². The highest BCUT2D eigenvalue weighted by Crippen LogP contribution is 2.37. The molecule has 0 atom stereocenters. The molecule has 0 saturated carbocycles. The predicted octanol–water partition coefficient (Wildman–Crippen LogP) is 4.43. The van der Waals surface area contributed by atoms with E-state index in [0.29, 0.717) is 17.1 Å². The van der Waals surface area contributed by atoms with Gasteiger partial charge in [0.2, 0.25) is 0 Å². The Morgan fingerprint density at radius 2 is 1.91 bits per heavy atom. The van der Waals surface area contributed by atoms with Crippen molar-refractivity contribution in [1.82, 2.24) is 9.55 Å². The van der Waals surface area contributed by atoms with E-state index in [1.165, 1.54) is 34.1 Å². The molecule has 2 heterocycles. The van der Waals surface area contributed by atoms with Gasteiger partial charge in [0.05, 0.1) is 17.0 Å². The number of alkyl halides is 3. The highest BCUT2D eigenvalue weighted by atomic mass is 32.1. The fraction of sp³-hybridized carbons (Fsp3) is 0.0667. The molecule has 3 rings (SSSR count). The third-order valence-corrected chi connectivity index (χ3v) is 3.95. The second-order valence-electron chi connectivity index (χ2n) is 4.48. The lowest BCUT2D eigenvalue weighted by Gasteiger charge is -2.10. The van der Waals surface area contributed by atoms with Crippen LogP contribution in [0, 0.1) is 0 Å². The second-order valence-corrected chi connectivity index (χ2v) is 5.32. The van der Waals surface area contributed by atoms with Crippen molar-refractivity contribution in [2.24, 2.45) is 0 Å². The van der Waals surface area contributed by atoms with Crippen LogP contribution in [0.3, 0.4) is 0 Å². The minimum absolute atomic E-state index is 0.0253. The van der Waals surface area contributed by atoms with E-state index in [9.17, 15) is 18.0 Å². The number of halogens is 3. The number of benzene rings is 1. The molecular weight excluding hydrogens is 313 g/mol. The summed E-state index contributed by atoms with van der Waals surface area (Å²) < 4.78 is 40.7. The Balaban J connectivity index is 2.08. The van der Waals surface area contributed by atoms with Gasteiger partial charge in [0.15, 0.2) is 11.4 Å².